The maximum atomic E-state index is 13.3. The van der Waals surface area contributed by atoms with Crippen LogP contribution in [0.25, 0.3) is 0 Å². The summed E-state index contributed by atoms with van der Waals surface area (Å²) in [5.74, 6) is -1.81. The Morgan fingerprint density at radius 1 is 0.857 bits per heavy atom. The first-order chi connectivity index (χ1) is 16.0. The van der Waals surface area contributed by atoms with Gasteiger partial charge in [-0.25, -0.2) is 8.42 Å². The number of nitrogens with one attached hydrogen (secondary N) is 1. The van der Waals surface area contributed by atoms with Gasteiger partial charge >= 0.3 is 29.6 Å². The minimum atomic E-state index is -4.89. The molecular formula is C22H19N2NaO8S2. The van der Waals surface area contributed by atoms with E-state index in [0.29, 0.717) is 0 Å². The van der Waals surface area contributed by atoms with Gasteiger partial charge in [-0.3, -0.25) is 14.1 Å². The second kappa shape index (κ2) is 9.82. The molecule has 10 nitrogen and oxygen atoms in total. The molecule has 0 bridgehead atoms. The van der Waals surface area contributed by atoms with Crippen molar-refractivity contribution in [3.8, 4) is 0 Å². The van der Waals surface area contributed by atoms with Gasteiger partial charge in [0.1, 0.15) is 4.90 Å². The number of aliphatic hydroxyl groups is 1. The Balaban J connectivity index is 0.00000342. The number of ketones is 2. The van der Waals surface area contributed by atoms with E-state index in [1.54, 1.807) is 6.07 Å². The van der Waals surface area contributed by atoms with Gasteiger partial charge in [0.05, 0.1) is 39.8 Å². The Kier molecular flexibility index (Phi) is 7.58. The first-order valence-electron chi connectivity index (χ1n) is 9.79. The monoisotopic (exact) mass is 526 g/mol. The second-order valence-electron chi connectivity index (χ2n) is 7.46. The molecular weight excluding hydrogens is 507 g/mol. The van der Waals surface area contributed by atoms with Crippen molar-refractivity contribution in [1.29, 1.82) is 0 Å². The van der Waals surface area contributed by atoms with Crippen LogP contribution in [0.15, 0.2) is 64.4 Å². The van der Waals surface area contributed by atoms with E-state index in [4.69, 9.17) is 10.8 Å². The third-order valence-electron chi connectivity index (χ3n) is 5.31. The Morgan fingerprint density at radius 3 is 2.03 bits per heavy atom. The summed E-state index contributed by atoms with van der Waals surface area (Å²) in [7, 11) is -8.70. The molecule has 0 saturated carbocycles. The van der Waals surface area contributed by atoms with Gasteiger partial charge in [-0.2, -0.15) is 8.42 Å². The predicted molar refractivity (Wildman–Crippen MR) is 130 cm³/mol. The van der Waals surface area contributed by atoms with Gasteiger partial charge < -0.3 is 16.2 Å². The van der Waals surface area contributed by atoms with Crippen LogP contribution in [0, 0.1) is 0 Å². The molecule has 3 aromatic carbocycles. The fourth-order valence-corrected chi connectivity index (χ4v) is 5.48. The number of rotatable bonds is 6. The number of carbonyl (C=O) groups is 2. The first kappa shape index (κ1) is 27.0. The molecule has 0 unspecified atom stereocenters. The van der Waals surface area contributed by atoms with Crippen molar-refractivity contribution in [1.82, 2.24) is 0 Å². The van der Waals surface area contributed by atoms with Crippen molar-refractivity contribution in [3.05, 3.63) is 76.9 Å². The zero-order valence-electron chi connectivity index (χ0n) is 17.3. The third kappa shape index (κ3) is 4.91. The van der Waals surface area contributed by atoms with Crippen molar-refractivity contribution < 1.29 is 36.1 Å². The molecule has 35 heavy (non-hydrogen) atoms. The summed E-state index contributed by atoms with van der Waals surface area (Å²) in [6.45, 7) is -0.584. The number of nitrogen functional groups attached to an aromatic ring is 1. The summed E-state index contributed by atoms with van der Waals surface area (Å²) in [6, 6.07) is 12.3. The topological polar surface area (TPSA) is 181 Å². The van der Waals surface area contributed by atoms with E-state index in [0.717, 1.165) is 6.07 Å². The summed E-state index contributed by atoms with van der Waals surface area (Å²) < 4.78 is 58.3. The zero-order chi connectivity index (χ0) is 24.8. The molecule has 0 fully saturated rings. The van der Waals surface area contributed by atoms with E-state index < -0.39 is 54.5 Å². The van der Waals surface area contributed by atoms with Gasteiger partial charge in [-0.15, -0.1) is 0 Å². The molecule has 0 spiro atoms. The molecule has 178 valence electrons. The predicted octanol–water partition coefficient (Wildman–Crippen LogP) is 1.15. The van der Waals surface area contributed by atoms with Gasteiger partial charge in [0.25, 0.3) is 10.1 Å². The molecule has 0 aliphatic heterocycles. The number of hydrogen-bond acceptors (Lipinski definition) is 9. The number of sulfone groups is 1. The molecule has 5 N–H and O–H groups in total. The molecule has 0 radical (unpaired) electrons. The quantitative estimate of drug-likeness (QED) is 0.162. The SMILES string of the molecule is Nc1c(S(=O)(=O)O)cc(Nc2cccc(S(=O)(=O)CCO)c2)c2c1C(=O)c1ccccc1C2=O.[NaH]. The third-order valence-corrected chi connectivity index (χ3v) is 7.90. The van der Waals surface area contributed by atoms with E-state index in [1.165, 1.54) is 42.5 Å². The van der Waals surface area contributed by atoms with Gasteiger partial charge in [-0.05, 0) is 24.3 Å². The van der Waals surface area contributed by atoms with E-state index >= 15 is 0 Å². The van der Waals surface area contributed by atoms with Gasteiger partial charge in [0, 0.05) is 16.8 Å². The van der Waals surface area contributed by atoms with Crippen molar-refractivity contribution in [2.24, 2.45) is 0 Å². The number of aliphatic hydroxyl groups excluding tert-OH is 1. The van der Waals surface area contributed by atoms with Crippen molar-refractivity contribution >= 4 is 78.1 Å². The fourth-order valence-electron chi connectivity index (χ4n) is 3.77. The Morgan fingerprint density at radius 2 is 1.46 bits per heavy atom. The average molecular weight is 527 g/mol. The first-order valence-corrected chi connectivity index (χ1v) is 12.9. The number of benzene rings is 3. The molecule has 4 rings (SSSR count). The molecule has 1 aliphatic rings. The van der Waals surface area contributed by atoms with Gasteiger partial charge in [0.15, 0.2) is 21.4 Å². The fraction of sp³-hybridized carbons (Fsp3) is 0.0909. The van der Waals surface area contributed by atoms with Crippen LogP contribution in [-0.2, 0) is 20.0 Å². The van der Waals surface area contributed by atoms with Crippen molar-refractivity contribution in [3.63, 3.8) is 0 Å². The summed E-state index contributed by atoms with van der Waals surface area (Å²) in [6.07, 6.45) is 0. The minimum absolute atomic E-state index is 0. The maximum absolute atomic E-state index is 13.3. The average Bonchev–Trinajstić information content (AvgIpc) is 2.77. The Labute approximate surface area is 223 Å². The van der Waals surface area contributed by atoms with Crippen LogP contribution in [-0.4, -0.2) is 80.0 Å². The Bertz CT molecular complexity index is 1580. The number of hydrogen-bond donors (Lipinski definition) is 4. The van der Waals surface area contributed by atoms with Crippen molar-refractivity contribution in [2.75, 3.05) is 23.4 Å². The van der Waals surface area contributed by atoms with Crippen LogP contribution in [0.4, 0.5) is 17.1 Å². The normalized spacial score (nSPS) is 13.0. The van der Waals surface area contributed by atoms with E-state index in [-0.39, 0.29) is 68.1 Å². The number of fused-ring (bicyclic) bond motifs is 2. The molecule has 0 amide bonds. The standard InChI is InChI=1S/C22H18N2O8S2.Na.H/c23-20-17(34(30,31)32)11-16(24-12-4-3-5-13(10-12)33(28,29)9-8-25)18-19(20)22(27)15-7-2-1-6-14(15)21(18)26;;/h1-7,10-11,24-25H,8-9,23H2,(H,30,31,32);;. The van der Waals surface area contributed by atoms with Crippen LogP contribution < -0.4 is 11.1 Å². The van der Waals surface area contributed by atoms with Crippen LogP contribution in [0.2, 0.25) is 0 Å². The molecule has 13 heteroatoms. The molecule has 3 aromatic rings. The molecule has 0 saturated heterocycles. The summed E-state index contributed by atoms with van der Waals surface area (Å²) >= 11 is 0. The molecule has 0 atom stereocenters. The number of anilines is 3. The van der Waals surface area contributed by atoms with Gasteiger partial charge in [-0.1, -0.05) is 30.3 Å². The molecule has 0 heterocycles. The number of nitrogens with two attached hydrogens (primary N) is 1. The van der Waals surface area contributed by atoms with E-state index in [9.17, 15) is 31.0 Å². The van der Waals surface area contributed by atoms with E-state index in [2.05, 4.69) is 5.32 Å². The van der Waals surface area contributed by atoms with Crippen LogP contribution in [0.5, 0.6) is 0 Å². The van der Waals surface area contributed by atoms with E-state index in [1.807, 2.05) is 0 Å². The summed E-state index contributed by atoms with van der Waals surface area (Å²) in [4.78, 5) is 25.6. The summed E-state index contributed by atoms with van der Waals surface area (Å²) in [5, 5.41) is 11.8. The Hall–Kier alpha value is -2.58. The van der Waals surface area contributed by atoms with Crippen molar-refractivity contribution in [2.45, 2.75) is 9.79 Å². The van der Waals surface area contributed by atoms with Crippen LogP contribution in [0.1, 0.15) is 31.8 Å². The van der Waals surface area contributed by atoms with Gasteiger partial charge in [0.2, 0.25) is 0 Å². The van der Waals surface area contributed by atoms with Crippen LogP contribution >= 0.6 is 0 Å². The van der Waals surface area contributed by atoms with Crippen LogP contribution in [0.3, 0.4) is 0 Å². The number of carbonyl (C=O) groups excluding carboxylic acids is 2. The molecule has 0 aromatic heterocycles. The zero-order valence-corrected chi connectivity index (χ0v) is 19.0. The second-order valence-corrected chi connectivity index (χ2v) is 11.0. The summed E-state index contributed by atoms with van der Waals surface area (Å²) in [5.41, 5.74) is 4.86. The molecule has 1 aliphatic carbocycles.